The van der Waals surface area contributed by atoms with E-state index in [1.807, 2.05) is 0 Å². The maximum Gasteiger partial charge on any atom is 0.458 e. The monoisotopic (exact) mass is 454 g/mol. The molecular formula is C26H42B4N4. The third-order valence-corrected chi connectivity index (χ3v) is 8.22. The van der Waals surface area contributed by atoms with Gasteiger partial charge in [0.1, 0.15) is 11.4 Å². The van der Waals surface area contributed by atoms with Gasteiger partial charge in [0.25, 0.3) is 0 Å². The summed E-state index contributed by atoms with van der Waals surface area (Å²) in [6, 6.07) is 9.48. The van der Waals surface area contributed by atoms with Gasteiger partial charge >= 0.3 is 13.3 Å². The van der Waals surface area contributed by atoms with Crippen LogP contribution in [0.15, 0.2) is 24.3 Å². The zero-order valence-electron chi connectivity index (χ0n) is 23.2. The van der Waals surface area contributed by atoms with Gasteiger partial charge in [0.15, 0.2) is 0 Å². The molecular weight excluding hydrogens is 412 g/mol. The molecule has 0 saturated heterocycles. The Morgan fingerprint density at radius 3 is 1.09 bits per heavy atom. The molecule has 0 aliphatic carbocycles. The highest BCUT2D eigenvalue weighted by Gasteiger charge is 2.29. The average Bonchev–Trinajstić information content (AvgIpc) is 2.72. The molecule has 0 aromatic heterocycles. The molecule has 4 rings (SSSR count). The van der Waals surface area contributed by atoms with Crippen LogP contribution in [0.4, 0.5) is 11.4 Å². The summed E-state index contributed by atoms with van der Waals surface area (Å²) in [7, 11) is 9.03. The second kappa shape index (κ2) is 9.51. The molecule has 34 heavy (non-hydrogen) atoms. The average molecular weight is 454 g/mol. The highest BCUT2D eigenvalue weighted by molar-refractivity contribution is 7.10. The number of fused-ring (bicyclic) bond motifs is 1. The van der Waals surface area contributed by atoms with E-state index in [1.54, 1.807) is 0 Å². The summed E-state index contributed by atoms with van der Waals surface area (Å²) in [6.07, 6.45) is 5.81. The van der Waals surface area contributed by atoms with Crippen molar-refractivity contribution in [2.45, 2.75) is 66.8 Å². The first-order chi connectivity index (χ1) is 16.0. The van der Waals surface area contributed by atoms with Gasteiger partial charge in [-0.15, -0.1) is 0 Å². The molecule has 0 atom stereocenters. The van der Waals surface area contributed by atoms with Crippen LogP contribution in [0.2, 0.25) is 25.3 Å². The van der Waals surface area contributed by atoms with E-state index in [-0.39, 0.29) is 0 Å². The zero-order valence-corrected chi connectivity index (χ0v) is 23.2. The van der Waals surface area contributed by atoms with E-state index in [0.717, 1.165) is 0 Å². The number of hydrogen-bond acceptors (Lipinski definition) is 0. The third-order valence-electron chi connectivity index (χ3n) is 8.22. The first kappa shape index (κ1) is 25.0. The maximum atomic E-state index is 2.82. The maximum absolute atomic E-state index is 2.82. The van der Waals surface area contributed by atoms with E-state index in [4.69, 9.17) is 0 Å². The molecule has 0 unspecified atom stereocenters. The molecule has 0 spiro atoms. The van der Waals surface area contributed by atoms with Crippen molar-refractivity contribution >= 4 is 37.4 Å². The summed E-state index contributed by atoms with van der Waals surface area (Å²) in [5.41, 5.74) is 11.3. The molecule has 2 aliphatic rings. The largest absolute Gasteiger partial charge is 0.663 e. The van der Waals surface area contributed by atoms with Gasteiger partial charge in [0.05, 0.1) is 28.2 Å². The molecule has 0 fully saturated rings. The van der Waals surface area contributed by atoms with Crippen LogP contribution in [-0.2, 0) is 0 Å². The molecule has 0 N–H and O–H groups in total. The van der Waals surface area contributed by atoms with Crippen molar-refractivity contribution in [1.82, 2.24) is 0 Å². The fraction of sp³-hybridized carbons (Fsp3) is 0.538. The Morgan fingerprint density at radius 2 is 0.824 bits per heavy atom. The summed E-state index contributed by atoms with van der Waals surface area (Å²) in [5, 5.41) is 0. The predicted molar refractivity (Wildman–Crippen MR) is 148 cm³/mol. The van der Waals surface area contributed by atoms with E-state index >= 15 is 0 Å². The Morgan fingerprint density at radius 1 is 0.529 bits per heavy atom. The third kappa shape index (κ3) is 4.33. The molecule has 2 aromatic rings. The first-order valence-electron chi connectivity index (χ1n) is 13.1. The Balaban J connectivity index is 2.16. The van der Waals surface area contributed by atoms with Gasteiger partial charge in [-0.3, -0.25) is 0 Å². The van der Waals surface area contributed by atoms with Gasteiger partial charge < -0.3 is 17.7 Å². The molecule has 8 heteroatoms. The fourth-order valence-corrected chi connectivity index (χ4v) is 7.20. The van der Waals surface area contributed by atoms with Crippen molar-refractivity contribution < 1.29 is 17.7 Å². The smallest absolute Gasteiger partial charge is 0.458 e. The summed E-state index contributed by atoms with van der Waals surface area (Å²) in [4.78, 5) is 0. The standard InChI is InChI=1S/C26H42B4N4/c1-19-15-21(3)25(22(4)16-19)33-27-11-14-30(32(9)10)34(28(27)12-13-29(33)31(7)8)26-23(5)17-20(2)18-24(26)6/h15-18H,11-14H2,1-10H3. The first-order valence-corrected chi connectivity index (χ1v) is 13.1. The topological polar surface area (TPSA) is 12.0 Å². The van der Waals surface area contributed by atoms with Crippen molar-refractivity contribution in [3.63, 3.8) is 0 Å². The number of benzene rings is 2. The Labute approximate surface area is 207 Å². The van der Waals surface area contributed by atoms with Crippen LogP contribution in [0, 0.1) is 41.5 Å². The van der Waals surface area contributed by atoms with Crippen molar-refractivity contribution in [3.05, 3.63) is 57.6 Å². The summed E-state index contributed by atoms with van der Waals surface area (Å²) < 4.78 is 10.5. The van der Waals surface area contributed by atoms with Crippen LogP contribution in [0.5, 0.6) is 0 Å². The predicted octanol–water partition coefficient (Wildman–Crippen LogP) is 5.21. The molecule has 0 radical (unpaired) electrons. The minimum absolute atomic E-state index is 0.430. The molecule has 2 aromatic carbocycles. The van der Waals surface area contributed by atoms with Gasteiger partial charge in [0.2, 0.25) is 0 Å². The molecule has 178 valence electrons. The lowest BCUT2D eigenvalue weighted by Gasteiger charge is -2.47. The van der Waals surface area contributed by atoms with Crippen molar-refractivity contribution in [2.24, 2.45) is 0 Å². The lowest BCUT2D eigenvalue weighted by atomic mass is 9.19. The number of aryl methyl sites for hydroxylation is 6. The summed E-state index contributed by atoms with van der Waals surface area (Å²) in [5.74, 6) is 0. The Hall–Kier alpha value is -2.10. The van der Waals surface area contributed by atoms with Crippen molar-refractivity contribution in [3.8, 4) is 0 Å². The molecule has 0 amide bonds. The van der Waals surface area contributed by atoms with E-state index in [9.17, 15) is 0 Å². The zero-order chi connectivity index (χ0) is 24.9. The molecule has 2 aliphatic heterocycles. The molecule has 4 nitrogen and oxygen atoms in total. The van der Waals surface area contributed by atoms with E-state index < -0.39 is 0 Å². The molecule has 2 heterocycles. The highest BCUT2D eigenvalue weighted by Crippen LogP contribution is 2.32. The summed E-state index contributed by atoms with van der Waals surface area (Å²) >= 11 is 0. The minimum Gasteiger partial charge on any atom is -0.663 e. The van der Waals surface area contributed by atoms with Crippen LogP contribution >= 0.6 is 0 Å². The number of hydrogen-bond donors (Lipinski definition) is 0. The van der Waals surface area contributed by atoms with E-state index in [2.05, 4.69) is 112 Å². The number of nitrogens with zero attached hydrogens (tertiary/aromatic N) is 4. The quantitative estimate of drug-likeness (QED) is 0.553. The second-order valence-electron chi connectivity index (χ2n) is 11.5. The van der Waals surface area contributed by atoms with Crippen molar-refractivity contribution in [1.29, 1.82) is 0 Å². The van der Waals surface area contributed by atoms with Crippen LogP contribution < -0.4 is 0 Å². The minimum atomic E-state index is 0.430. The highest BCUT2D eigenvalue weighted by atomic mass is 15.0. The van der Waals surface area contributed by atoms with Gasteiger partial charge in [-0.25, -0.2) is 0 Å². The lowest BCUT2D eigenvalue weighted by molar-refractivity contribution is -0.499. The van der Waals surface area contributed by atoms with Gasteiger partial charge in [-0.05, 0) is 54.3 Å². The van der Waals surface area contributed by atoms with E-state index in [0.29, 0.717) is 26.1 Å². The normalized spacial score (nSPS) is 16.3. The molecule has 0 bridgehead atoms. The molecule has 0 saturated carbocycles. The van der Waals surface area contributed by atoms with Crippen LogP contribution in [0.3, 0.4) is 0 Å². The van der Waals surface area contributed by atoms with E-state index in [1.165, 1.54) is 70.0 Å². The van der Waals surface area contributed by atoms with Crippen molar-refractivity contribution in [2.75, 3.05) is 28.2 Å². The Kier molecular flexibility index (Phi) is 6.99. The van der Waals surface area contributed by atoms with Crippen LogP contribution in [0.1, 0.15) is 33.4 Å². The summed E-state index contributed by atoms with van der Waals surface area (Å²) in [6.45, 7) is 14.5. The van der Waals surface area contributed by atoms with Gasteiger partial charge in [-0.1, -0.05) is 48.0 Å². The van der Waals surface area contributed by atoms with Crippen LogP contribution in [-0.4, -0.2) is 72.0 Å². The Bertz CT molecular complexity index is 1190. The van der Waals surface area contributed by atoms with Gasteiger partial charge in [0, 0.05) is 22.3 Å². The van der Waals surface area contributed by atoms with Crippen LogP contribution in [0.25, 0.3) is 0 Å². The number of rotatable bonds is 2. The second-order valence-corrected chi connectivity index (χ2v) is 11.5. The lowest BCUT2D eigenvalue weighted by Crippen LogP contribution is -2.51. The van der Waals surface area contributed by atoms with Gasteiger partial charge in [-0.2, -0.15) is 12.6 Å². The fourth-order valence-electron chi connectivity index (χ4n) is 7.20. The SMILES string of the molecule is Cc1cc(C)c([N+]2=[B-]3CC[B-](=[N+](C)C)[N+](c4c(C)cc(C)cc4C)=[B-]3CC[B-]2=[N+](C)C)c(C)c1.